The van der Waals surface area contributed by atoms with Crippen molar-refractivity contribution in [3.05, 3.63) is 53.2 Å². The second kappa shape index (κ2) is 7.87. The molecule has 1 aliphatic rings. The van der Waals surface area contributed by atoms with Crippen molar-refractivity contribution in [1.29, 1.82) is 0 Å². The average Bonchev–Trinajstić information content (AvgIpc) is 2.70. The van der Waals surface area contributed by atoms with E-state index in [1.807, 2.05) is 0 Å². The molecule has 1 aromatic carbocycles. The Bertz CT molecular complexity index is 882. The van der Waals surface area contributed by atoms with Gasteiger partial charge in [0.1, 0.15) is 0 Å². The van der Waals surface area contributed by atoms with Gasteiger partial charge in [-0.25, -0.2) is 9.78 Å². The molecule has 9 heteroatoms. The van der Waals surface area contributed by atoms with Crippen molar-refractivity contribution in [2.45, 2.75) is 19.0 Å². The van der Waals surface area contributed by atoms with Gasteiger partial charge in [0.2, 0.25) is 5.88 Å². The number of anilines is 1. The number of amides is 1. The lowest BCUT2D eigenvalue weighted by atomic mass is 9.95. The Labute approximate surface area is 158 Å². The van der Waals surface area contributed by atoms with Crippen LogP contribution in [0.4, 0.5) is 18.9 Å². The largest absolute Gasteiger partial charge is 0.468 e. The molecule has 2 heterocycles. The van der Waals surface area contributed by atoms with Crippen LogP contribution in [0.15, 0.2) is 36.5 Å². The number of hydrogen-bond acceptors (Lipinski definition) is 5. The van der Waals surface area contributed by atoms with E-state index < -0.39 is 18.8 Å². The number of carbonyl (C=O) groups is 2. The van der Waals surface area contributed by atoms with Crippen LogP contribution in [0.1, 0.15) is 32.7 Å². The first-order valence-electron chi connectivity index (χ1n) is 8.48. The lowest BCUT2D eigenvalue weighted by Crippen LogP contribution is -2.36. The molecule has 0 N–H and O–H groups in total. The third-order valence-corrected chi connectivity index (χ3v) is 4.27. The lowest BCUT2D eigenvalue weighted by Gasteiger charge is -2.30. The zero-order valence-corrected chi connectivity index (χ0v) is 15.0. The van der Waals surface area contributed by atoms with Crippen LogP contribution >= 0.6 is 0 Å². The van der Waals surface area contributed by atoms with E-state index >= 15 is 0 Å². The minimum Gasteiger partial charge on any atom is -0.468 e. The van der Waals surface area contributed by atoms with Crippen LogP contribution in [-0.2, 0) is 11.2 Å². The number of esters is 1. The Morgan fingerprint density at radius 3 is 2.64 bits per heavy atom. The molecule has 0 aliphatic carbocycles. The number of carbonyl (C=O) groups excluding carboxylic acids is 2. The van der Waals surface area contributed by atoms with Gasteiger partial charge in [-0.15, -0.1) is 0 Å². The number of hydrogen-bond donors (Lipinski definition) is 0. The summed E-state index contributed by atoms with van der Waals surface area (Å²) < 4.78 is 45.9. The van der Waals surface area contributed by atoms with E-state index in [-0.39, 0.29) is 17.4 Å². The maximum absolute atomic E-state index is 12.9. The monoisotopic (exact) mass is 394 g/mol. The van der Waals surface area contributed by atoms with E-state index in [0.717, 1.165) is 5.56 Å². The minimum absolute atomic E-state index is 0.204. The molecule has 0 spiro atoms. The van der Waals surface area contributed by atoms with E-state index in [1.54, 1.807) is 18.2 Å². The van der Waals surface area contributed by atoms with Crippen LogP contribution in [0.25, 0.3) is 0 Å². The highest BCUT2D eigenvalue weighted by atomic mass is 19.4. The Hall–Kier alpha value is -3.10. The van der Waals surface area contributed by atoms with Crippen molar-refractivity contribution in [2.75, 3.05) is 25.2 Å². The van der Waals surface area contributed by atoms with Crippen molar-refractivity contribution in [1.82, 2.24) is 4.98 Å². The molecule has 0 fully saturated rings. The fraction of sp³-hybridized carbons (Fsp3) is 0.316. The number of nitrogens with zero attached hydrogens (tertiary/aromatic N) is 2. The predicted molar refractivity (Wildman–Crippen MR) is 93.6 cm³/mol. The minimum atomic E-state index is -4.47. The maximum atomic E-state index is 12.9. The summed E-state index contributed by atoms with van der Waals surface area (Å²) in [5.41, 5.74) is 1.95. The van der Waals surface area contributed by atoms with E-state index in [1.165, 1.54) is 30.3 Å². The molecular formula is C19H17F3N2O4. The second-order valence-electron chi connectivity index (χ2n) is 6.14. The number of pyridine rings is 1. The first-order chi connectivity index (χ1) is 13.3. The van der Waals surface area contributed by atoms with E-state index in [0.29, 0.717) is 30.6 Å². The molecule has 1 aliphatic heterocycles. The van der Waals surface area contributed by atoms with Gasteiger partial charge in [-0.3, -0.25) is 4.79 Å². The summed E-state index contributed by atoms with van der Waals surface area (Å²) in [4.78, 5) is 30.2. The van der Waals surface area contributed by atoms with E-state index in [2.05, 4.69) is 9.72 Å². The van der Waals surface area contributed by atoms with E-state index in [9.17, 15) is 22.8 Å². The van der Waals surface area contributed by atoms with Crippen LogP contribution in [0.2, 0.25) is 0 Å². The third-order valence-electron chi connectivity index (χ3n) is 4.27. The van der Waals surface area contributed by atoms with Crippen molar-refractivity contribution in [3.63, 3.8) is 0 Å². The molecule has 0 atom stereocenters. The highest BCUT2D eigenvalue weighted by Crippen LogP contribution is 2.31. The molecule has 0 saturated carbocycles. The van der Waals surface area contributed by atoms with Gasteiger partial charge in [0.25, 0.3) is 5.91 Å². The molecule has 0 saturated heterocycles. The maximum Gasteiger partial charge on any atom is 0.422 e. The molecule has 6 nitrogen and oxygen atoms in total. The number of aromatic nitrogens is 1. The third kappa shape index (κ3) is 4.24. The van der Waals surface area contributed by atoms with Crippen LogP contribution < -0.4 is 9.64 Å². The second-order valence-corrected chi connectivity index (χ2v) is 6.14. The van der Waals surface area contributed by atoms with Gasteiger partial charge in [0, 0.05) is 24.5 Å². The normalized spacial score (nSPS) is 13.6. The number of rotatable bonds is 4. The van der Waals surface area contributed by atoms with Crippen molar-refractivity contribution in [3.8, 4) is 5.88 Å². The first-order valence-corrected chi connectivity index (χ1v) is 8.48. The van der Waals surface area contributed by atoms with Crippen LogP contribution in [0, 0.1) is 0 Å². The topological polar surface area (TPSA) is 68.7 Å². The van der Waals surface area contributed by atoms with Crippen molar-refractivity contribution in [2.24, 2.45) is 0 Å². The quantitative estimate of drug-likeness (QED) is 0.744. The smallest absolute Gasteiger partial charge is 0.422 e. The average molecular weight is 394 g/mol. The number of halogens is 3. The van der Waals surface area contributed by atoms with Gasteiger partial charge in [-0.2, -0.15) is 13.2 Å². The number of fused-ring (bicyclic) bond motifs is 1. The molecule has 2 aromatic rings. The van der Waals surface area contributed by atoms with Crippen molar-refractivity contribution < 1.29 is 32.2 Å². The van der Waals surface area contributed by atoms with Crippen molar-refractivity contribution >= 4 is 17.6 Å². The highest BCUT2D eigenvalue weighted by Gasteiger charge is 2.29. The molecule has 0 radical (unpaired) electrons. The Morgan fingerprint density at radius 1 is 1.21 bits per heavy atom. The summed E-state index contributed by atoms with van der Waals surface area (Å²) in [7, 11) is 1.29. The molecule has 3 rings (SSSR count). The summed E-state index contributed by atoms with van der Waals surface area (Å²) in [6.45, 7) is -1.01. The van der Waals surface area contributed by atoms with E-state index in [4.69, 9.17) is 4.74 Å². The summed E-state index contributed by atoms with van der Waals surface area (Å²) in [5, 5.41) is 0. The molecule has 28 heavy (non-hydrogen) atoms. The number of alkyl halides is 3. The van der Waals surface area contributed by atoms with Crippen LogP contribution in [0.5, 0.6) is 5.88 Å². The van der Waals surface area contributed by atoms with Gasteiger partial charge in [0.05, 0.1) is 18.2 Å². The Balaban J connectivity index is 1.82. The molecule has 148 valence electrons. The van der Waals surface area contributed by atoms with Gasteiger partial charge >= 0.3 is 12.1 Å². The van der Waals surface area contributed by atoms with Gasteiger partial charge < -0.3 is 14.4 Å². The van der Waals surface area contributed by atoms with Crippen LogP contribution in [-0.4, -0.2) is 43.3 Å². The fourth-order valence-electron chi connectivity index (χ4n) is 3.04. The number of methoxy groups -OCH3 is 1. The van der Waals surface area contributed by atoms with Gasteiger partial charge in [-0.05, 0) is 36.6 Å². The molecule has 1 amide bonds. The fourth-order valence-corrected chi connectivity index (χ4v) is 3.04. The van der Waals surface area contributed by atoms with Gasteiger partial charge in [0.15, 0.2) is 6.61 Å². The molecular weight excluding hydrogens is 377 g/mol. The number of benzene rings is 1. The zero-order valence-electron chi connectivity index (χ0n) is 15.0. The molecule has 0 unspecified atom stereocenters. The first kappa shape index (κ1) is 19.7. The lowest BCUT2D eigenvalue weighted by molar-refractivity contribution is -0.154. The Morgan fingerprint density at radius 2 is 2.00 bits per heavy atom. The molecule has 0 bridgehead atoms. The standard InChI is InChI=1S/C19H17F3N2O4/c1-27-18(26)14-4-2-6-15-13(14)5-3-9-24(15)17(25)12-7-8-16(23-10-12)28-11-19(20,21)22/h2,4,6-8,10H,3,5,9,11H2,1H3. The summed E-state index contributed by atoms with van der Waals surface area (Å²) in [6, 6.07) is 7.64. The van der Waals surface area contributed by atoms with Crippen LogP contribution in [0.3, 0.4) is 0 Å². The highest BCUT2D eigenvalue weighted by molar-refractivity contribution is 6.07. The summed E-state index contributed by atoms with van der Waals surface area (Å²) in [6.07, 6.45) is -2.00. The van der Waals surface area contributed by atoms with Gasteiger partial charge in [-0.1, -0.05) is 6.07 Å². The zero-order chi connectivity index (χ0) is 20.3. The Kier molecular flexibility index (Phi) is 5.53. The summed E-state index contributed by atoms with van der Waals surface area (Å²) >= 11 is 0. The molecule has 1 aromatic heterocycles. The predicted octanol–water partition coefficient (Wildman–Crippen LogP) is 3.40. The number of ether oxygens (including phenoxy) is 2. The summed E-state index contributed by atoms with van der Waals surface area (Å²) in [5.74, 6) is -1.06. The SMILES string of the molecule is COC(=O)c1cccc2c1CCCN2C(=O)c1ccc(OCC(F)(F)F)nc1.